The zero-order valence-electron chi connectivity index (χ0n) is 15.8. The van der Waals surface area contributed by atoms with Crippen molar-refractivity contribution in [3.05, 3.63) is 47.4 Å². The minimum Gasteiger partial charge on any atom is -0.505 e. The van der Waals surface area contributed by atoms with E-state index in [1.54, 1.807) is 13.0 Å². The predicted molar refractivity (Wildman–Crippen MR) is 103 cm³/mol. The summed E-state index contributed by atoms with van der Waals surface area (Å²) in [7, 11) is 0. The van der Waals surface area contributed by atoms with Gasteiger partial charge < -0.3 is 21.1 Å². The van der Waals surface area contributed by atoms with Crippen molar-refractivity contribution in [3.63, 3.8) is 0 Å². The third-order valence-corrected chi connectivity index (χ3v) is 5.00. The topological polar surface area (TPSA) is 109 Å². The quantitative estimate of drug-likeness (QED) is 0.688. The van der Waals surface area contributed by atoms with Crippen LogP contribution < -0.4 is 11.1 Å². The van der Waals surface area contributed by atoms with Gasteiger partial charge in [-0.25, -0.2) is 9.37 Å². The fraction of sp³-hybridized carbons (Fsp3) is 0.350. The van der Waals surface area contributed by atoms with Gasteiger partial charge in [-0.15, -0.1) is 0 Å². The number of phenols is 1. The van der Waals surface area contributed by atoms with Crippen molar-refractivity contribution in [3.8, 4) is 5.75 Å². The maximum Gasteiger partial charge on any atom is 0.313 e. The van der Waals surface area contributed by atoms with Gasteiger partial charge in [0.05, 0.1) is 17.9 Å². The van der Waals surface area contributed by atoms with Gasteiger partial charge in [-0.05, 0) is 55.0 Å². The molecular weight excluding hydrogens is 363 g/mol. The van der Waals surface area contributed by atoms with Crippen molar-refractivity contribution in [2.24, 2.45) is 5.92 Å². The highest BCUT2D eigenvalue weighted by atomic mass is 19.1. The van der Waals surface area contributed by atoms with Crippen molar-refractivity contribution in [2.75, 3.05) is 17.6 Å². The lowest BCUT2D eigenvalue weighted by Gasteiger charge is -2.38. The number of amides is 2. The molecule has 4 N–H and O–H groups in total. The van der Waals surface area contributed by atoms with E-state index >= 15 is 0 Å². The van der Waals surface area contributed by atoms with Gasteiger partial charge in [0, 0.05) is 6.54 Å². The minimum atomic E-state index is -0.781. The Hall–Kier alpha value is -3.16. The number of aromatic nitrogens is 1. The summed E-state index contributed by atoms with van der Waals surface area (Å²) < 4.78 is 13.4. The van der Waals surface area contributed by atoms with Gasteiger partial charge >= 0.3 is 11.8 Å². The Labute approximate surface area is 162 Å². The van der Waals surface area contributed by atoms with E-state index in [9.17, 15) is 19.1 Å². The van der Waals surface area contributed by atoms with Crippen LogP contribution in [0.5, 0.6) is 5.75 Å². The zero-order valence-corrected chi connectivity index (χ0v) is 15.8. The first-order chi connectivity index (χ1) is 13.3. The van der Waals surface area contributed by atoms with E-state index in [1.807, 2.05) is 6.92 Å². The Kier molecular flexibility index (Phi) is 5.48. The highest BCUT2D eigenvalue weighted by Crippen LogP contribution is 2.35. The molecule has 1 aromatic carbocycles. The molecule has 0 saturated carbocycles. The first kappa shape index (κ1) is 19.6. The molecule has 2 atom stereocenters. The summed E-state index contributed by atoms with van der Waals surface area (Å²) in [4.78, 5) is 30.9. The van der Waals surface area contributed by atoms with Crippen molar-refractivity contribution in [1.29, 1.82) is 0 Å². The molecular formula is C20H23FN4O3. The summed E-state index contributed by atoms with van der Waals surface area (Å²) in [6, 6.07) is 5.23. The molecule has 0 radical (unpaired) electrons. The Morgan fingerprint density at radius 3 is 2.75 bits per heavy atom. The normalized spacial score (nSPS) is 19.3. The number of aromatic hydroxyl groups is 1. The number of rotatable bonds is 2. The van der Waals surface area contributed by atoms with E-state index in [0.717, 1.165) is 12.5 Å². The summed E-state index contributed by atoms with van der Waals surface area (Å²) in [5, 5.41) is 12.2. The van der Waals surface area contributed by atoms with Crippen LogP contribution in [-0.2, 0) is 9.59 Å². The molecule has 1 aliphatic rings. The zero-order chi connectivity index (χ0) is 20.4. The molecule has 0 unspecified atom stereocenters. The van der Waals surface area contributed by atoms with Gasteiger partial charge in [-0.2, -0.15) is 0 Å². The number of anilines is 2. The van der Waals surface area contributed by atoms with Crippen molar-refractivity contribution < 1.29 is 19.1 Å². The molecule has 148 valence electrons. The molecule has 7 nitrogen and oxygen atoms in total. The van der Waals surface area contributed by atoms with E-state index in [4.69, 9.17) is 5.73 Å². The Bertz CT molecular complexity index is 918. The van der Waals surface area contributed by atoms with Crippen molar-refractivity contribution in [1.82, 2.24) is 9.88 Å². The van der Waals surface area contributed by atoms with Crippen LogP contribution in [0, 0.1) is 18.7 Å². The molecule has 2 aromatic rings. The second-order valence-corrected chi connectivity index (χ2v) is 7.25. The monoisotopic (exact) mass is 386 g/mol. The fourth-order valence-electron chi connectivity index (χ4n) is 3.43. The molecule has 0 bridgehead atoms. The number of nitrogens with one attached hydrogen (secondary N) is 1. The minimum absolute atomic E-state index is 0.225. The number of phenolic OH excluding ortho intramolecular Hbond substituents is 1. The average molecular weight is 386 g/mol. The maximum absolute atomic E-state index is 13.4. The molecule has 1 aromatic heterocycles. The number of hydrogen-bond acceptors (Lipinski definition) is 5. The van der Waals surface area contributed by atoms with Gasteiger partial charge in [-0.1, -0.05) is 13.0 Å². The molecule has 28 heavy (non-hydrogen) atoms. The van der Waals surface area contributed by atoms with Gasteiger partial charge in [0.2, 0.25) is 0 Å². The molecule has 2 amide bonds. The van der Waals surface area contributed by atoms with Crippen LogP contribution in [0.15, 0.2) is 30.5 Å². The third-order valence-electron chi connectivity index (χ3n) is 5.00. The predicted octanol–water partition coefficient (Wildman–Crippen LogP) is 2.76. The lowest BCUT2D eigenvalue weighted by Crippen LogP contribution is -2.46. The highest BCUT2D eigenvalue weighted by molar-refractivity contribution is 6.39. The van der Waals surface area contributed by atoms with Crippen LogP contribution in [0.3, 0.4) is 0 Å². The first-order valence-corrected chi connectivity index (χ1v) is 9.08. The van der Waals surface area contributed by atoms with E-state index < -0.39 is 29.4 Å². The summed E-state index contributed by atoms with van der Waals surface area (Å²) in [5.41, 5.74) is 7.34. The smallest absolute Gasteiger partial charge is 0.313 e. The second-order valence-electron chi connectivity index (χ2n) is 7.25. The van der Waals surface area contributed by atoms with Crippen LogP contribution in [0.2, 0.25) is 0 Å². The molecule has 8 heteroatoms. The Morgan fingerprint density at radius 2 is 2.07 bits per heavy atom. The number of likely N-dealkylation sites (tertiary alicyclic amines) is 1. The number of pyridine rings is 1. The number of piperidine rings is 1. The number of carbonyl (C=O) groups excluding carboxylic acids is 2. The molecule has 0 aliphatic carbocycles. The van der Waals surface area contributed by atoms with Crippen LogP contribution in [0.25, 0.3) is 0 Å². The van der Waals surface area contributed by atoms with Crippen molar-refractivity contribution in [2.45, 2.75) is 32.7 Å². The molecule has 1 saturated heterocycles. The number of aryl methyl sites for hydroxylation is 1. The summed E-state index contributed by atoms with van der Waals surface area (Å²) >= 11 is 0. The average Bonchev–Trinajstić information content (AvgIpc) is 2.66. The standard InChI is InChI=1S/C20H23FN4O3/c1-11-3-6-16(13-4-5-15(21)17(26)8-13)25(10-11)20(28)19(27)24-14-7-12(2)18(22)23-9-14/h4-5,7-9,11,16,26H,3,6,10H2,1-2H3,(H2,22,23)(H,24,27)/t11-,16+/m1/s1. The summed E-state index contributed by atoms with van der Waals surface area (Å²) in [5.74, 6) is -2.09. The molecule has 2 heterocycles. The SMILES string of the molecule is Cc1cc(NC(=O)C(=O)N2C[C@H](C)CC[C@H]2c2ccc(F)c(O)c2)cnc1N. The van der Waals surface area contributed by atoms with Crippen LogP contribution >= 0.6 is 0 Å². The fourth-order valence-corrected chi connectivity index (χ4v) is 3.43. The summed E-state index contributed by atoms with van der Waals surface area (Å²) in [6.45, 7) is 4.15. The van der Waals surface area contributed by atoms with E-state index in [0.29, 0.717) is 35.6 Å². The van der Waals surface area contributed by atoms with Crippen molar-refractivity contribution >= 4 is 23.3 Å². The first-order valence-electron chi connectivity index (χ1n) is 9.08. The van der Waals surface area contributed by atoms with Gasteiger partial charge in [0.25, 0.3) is 0 Å². The number of halogens is 1. The van der Waals surface area contributed by atoms with E-state index in [2.05, 4.69) is 10.3 Å². The largest absolute Gasteiger partial charge is 0.505 e. The number of nitrogens with zero attached hydrogens (tertiary/aromatic N) is 2. The molecule has 1 aliphatic heterocycles. The molecule has 3 rings (SSSR count). The number of benzene rings is 1. The van der Waals surface area contributed by atoms with Crippen LogP contribution in [0.1, 0.15) is 36.9 Å². The number of carbonyl (C=O) groups is 2. The number of nitrogens with two attached hydrogens (primary N) is 1. The third kappa shape index (κ3) is 4.05. The lowest BCUT2D eigenvalue weighted by molar-refractivity contribution is -0.146. The molecule has 0 spiro atoms. The van der Waals surface area contributed by atoms with E-state index in [-0.39, 0.29) is 5.92 Å². The number of nitrogen functional groups attached to an aromatic ring is 1. The highest BCUT2D eigenvalue weighted by Gasteiger charge is 2.34. The van der Waals surface area contributed by atoms with Gasteiger partial charge in [-0.3, -0.25) is 9.59 Å². The van der Waals surface area contributed by atoms with Gasteiger partial charge in [0.1, 0.15) is 5.82 Å². The summed E-state index contributed by atoms with van der Waals surface area (Å²) in [6.07, 6.45) is 2.87. The van der Waals surface area contributed by atoms with Crippen LogP contribution in [0.4, 0.5) is 15.9 Å². The molecule has 1 fully saturated rings. The Morgan fingerprint density at radius 1 is 1.32 bits per heavy atom. The second kappa shape index (κ2) is 7.84. The van der Waals surface area contributed by atoms with E-state index in [1.165, 1.54) is 23.2 Å². The van der Waals surface area contributed by atoms with Crippen LogP contribution in [-0.4, -0.2) is 33.3 Å². The lowest BCUT2D eigenvalue weighted by atomic mass is 9.89. The number of hydrogen-bond donors (Lipinski definition) is 3. The van der Waals surface area contributed by atoms with Gasteiger partial charge in [0.15, 0.2) is 11.6 Å². The maximum atomic E-state index is 13.4. The Balaban J connectivity index is 1.82.